The number of anilines is 1. The fourth-order valence-electron chi connectivity index (χ4n) is 5.87. The van der Waals surface area contributed by atoms with Crippen molar-refractivity contribution in [2.45, 2.75) is 50.5 Å². The van der Waals surface area contributed by atoms with Crippen LogP contribution >= 0.6 is 0 Å². The van der Waals surface area contributed by atoms with Gasteiger partial charge in [-0.1, -0.05) is 6.07 Å². The number of carbonyl (C=O) groups is 1. The van der Waals surface area contributed by atoms with E-state index in [1.165, 1.54) is 25.9 Å². The summed E-state index contributed by atoms with van der Waals surface area (Å²) in [6.07, 6.45) is 2.67. The van der Waals surface area contributed by atoms with Crippen molar-refractivity contribution < 1.29 is 13.9 Å². The molecule has 1 aliphatic carbocycles. The Morgan fingerprint density at radius 2 is 2.07 bits per heavy atom. The monoisotopic (exact) mass is 382 g/mol. The Balaban J connectivity index is 1.26. The Kier molecular flexibility index (Phi) is 3.42. The Labute approximate surface area is 164 Å². The van der Waals surface area contributed by atoms with Crippen LogP contribution in [0.1, 0.15) is 37.0 Å². The third-order valence-corrected chi connectivity index (χ3v) is 7.18. The van der Waals surface area contributed by atoms with E-state index in [0.717, 1.165) is 13.1 Å². The maximum atomic E-state index is 13.1. The fraction of sp³-hybridized carbons (Fsp3) is 0.619. The van der Waals surface area contributed by atoms with E-state index in [1.807, 2.05) is 18.2 Å². The van der Waals surface area contributed by atoms with Gasteiger partial charge in [0.15, 0.2) is 5.58 Å². The van der Waals surface area contributed by atoms with Crippen molar-refractivity contribution in [3.63, 3.8) is 0 Å². The van der Waals surface area contributed by atoms with Gasteiger partial charge in [0.25, 0.3) is 11.9 Å². The van der Waals surface area contributed by atoms with E-state index >= 15 is 0 Å². The highest BCUT2D eigenvalue weighted by Gasteiger charge is 2.74. The number of para-hydroxylation sites is 1. The van der Waals surface area contributed by atoms with E-state index in [-0.39, 0.29) is 23.7 Å². The zero-order valence-corrected chi connectivity index (χ0v) is 16.4. The zero-order chi connectivity index (χ0) is 19.0. The lowest BCUT2D eigenvalue weighted by atomic mass is 10.0. The van der Waals surface area contributed by atoms with Crippen LogP contribution in [0.25, 0.3) is 11.1 Å². The summed E-state index contributed by atoms with van der Waals surface area (Å²) in [5.41, 5.74) is 2.19. The van der Waals surface area contributed by atoms with Crippen LogP contribution in [0.15, 0.2) is 22.6 Å². The SMILES string of the molecule is C[C@@H]1CN(c2nc3c(C(=O)NC4C5CCN6CCC546)cccc3o2)C[C@H](C)O1. The van der Waals surface area contributed by atoms with Crippen LogP contribution in [0.3, 0.4) is 0 Å². The first-order valence-electron chi connectivity index (χ1n) is 10.4. The smallest absolute Gasteiger partial charge is 0.298 e. The molecule has 2 aromatic rings. The van der Waals surface area contributed by atoms with E-state index in [0.29, 0.717) is 34.6 Å². The van der Waals surface area contributed by atoms with E-state index in [1.54, 1.807) is 0 Å². The summed E-state index contributed by atoms with van der Waals surface area (Å²) in [6.45, 7) is 7.96. The zero-order valence-electron chi connectivity index (χ0n) is 16.4. The van der Waals surface area contributed by atoms with E-state index in [2.05, 4.69) is 29.0 Å². The number of ether oxygens (including phenoxy) is 1. The first-order valence-corrected chi connectivity index (χ1v) is 10.4. The molecule has 5 atom stereocenters. The van der Waals surface area contributed by atoms with Crippen molar-refractivity contribution >= 4 is 23.0 Å². The van der Waals surface area contributed by atoms with Gasteiger partial charge in [0.2, 0.25) is 0 Å². The van der Waals surface area contributed by atoms with E-state index in [9.17, 15) is 4.79 Å². The molecule has 7 nitrogen and oxygen atoms in total. The number of carbonyl (C=O) groups excluding carboxylic acids is 1. The number of rotatable bonds is 3. The lowest BCUT2D eigenvalue weighted by Crippen LogP contribution is -2.53. The van der Waals surface area contributed by atoms with Gasteiger partial charge in [-0.25, -0.2) is 0 Å². The predicted octanol–water partition coefficient (Wildman–Crippen LogP) is 2.02. The number of hydrogen-bond acceptors (Lipinski definition) is 6. The summed E-state index contributed by atoms with van der Waals surface area (Å²) in [5, 5.41) is 3.29. The molecule has 7 heteroatoms. The molecule has 3 saturated heterocycles. The molecule has 28 heavy (non-hydrogen) atoms. The van der Waals surface area contributed by atoms with Gasteiger partial charge in [0.1, 0.15) is 5.52 Å². The highest BCUT2D eigenvalue weighted by molar-refractivity contribution is 6.05. The minimum absolute atomic E-state index is 0.0326. The molecule has 3 unspecified atom stereocenters. The van der Waals surface area contributed by atoms with Crippen molar-refractivity contribution in [3.8, 4) is 0 Å². The molecule has 3 aliphatic heterocycles. The highest BCUT2D eigenvalue weighted by atomic mass is 16.5. The fourth-order valence-corrected chi connectivity index (χ4v) is 5.87. The summed E-state index contributed by atoms with van der Waals surface area (Å²) in [5.74, 6) is 0.600. The second kappa shape index (κ2) is 5.70. The van der Waals surface area contributed by atoms with Crippen molar-refractivity contribution in [1.82, 2.24) is 15.2 Å². The second-order valence-corrected chi connectivity index (χ2v) is 8.89. The van der Waals surface area contributed by atoms with Gasteiger partial charge in [-0.3, -0.25) is 9.69 Å². The van der Waals surface area contributed by atoms with Gasteiger partial charge in [0.05, 0.1) is 23.8 Å². The number of fused-ring (bicyclic) bond motifs is 1. The number of nitrogens with zero attached hydrogens (tertiary/aromatic N) is 3. The molecule has 4 fully saturated rings. The minimum Gasteiger partial charge on any atom is -0.423 e. The predicted molar refractivity (Wildman–Crippen MR) is 105 cm³/mol. The molecule has 1 aromatic heterocycles. The molecule has 1 aromatic carbocycles. The molecule has 148 valence electrons. The lowest BCUT2D eigenvalue weighted by Gasteiger charge is -2.40. The number of hydrogen-bond donors (Lipinski definition) is 1. The quantitative estimate of drug-likeness (QED) is 0.876. The number of aromatic nitrogens is 1. The maximum Gasteiger partial charge on any atom is 0.298 e. The topological polar surface area (TPSA) is 70.8 Å². The number of nitrogens with one attached hydrogen (secondary N) is 1. The lowest BCUT2D eigenvalue weighted by molar-refractivity contribution is -0.00662. The Bertz CT molecular complexity index is 948. The third-order valence-electron chi connectivity index (χ3n) is 7.18. The normalized spacial score (nSPS) is 36.7. The summed E-state index contributed by atoms with van der Waals surface area (Å²) in [4.78, 5) is 22.4. The minimum atomic E-state index is -0.0326. The molecule has 0 radical (unpaired) electrons. The number of piperidine rings is 1. The standard InChI is InChI=1S/C21H26N4O3/c1-12-10-24(11-13(2)27-12)20-22-17-14(4-3-5-16(17)28-20)19(26)23-18-15-6-8-25-9-7-21(15,18)25/h3-5,12-13,15,18H,6-11H2,1-2H3,(H,23,26)/t12-,13+,15?,18?,21?. The van der Waals surface area contributed by atoms with Crippen LogP contribution in [-0.4, -0.2) is 65.8 Å². The molecular weight excluding hydrogens is 356 g/mol. The van der Waals surface area contributed by atoms with Gasteiger partial charge in [-0.15, -0.1) is 0 Å². The number of benzene rings is 1. The van der Waals surface area contributed by atoms with E-state index < -0.39 is 0 Å². The average Bonchev–Trinajstić information content (AvgIpc) is 2.95. The summed E-state index contributed by atoms with van der Waals surface area (Å²) < 4.78 is 11.8. The third kappa shape index (κ3) is 2.23. The summed E-state index contributed by atoms with van der Waals surface area (Å²) in [7, 11) is 0. The molecule has 1 saturated carbocycles. The van der Waals surface area contributed by atoms with Gasteiger partial charge < -0.3 is 19.4 Å². The number of morpholine rings is 1. The molecule has 1 spiro atoms. The van der Waals surface area contributed by atoms with Gasteiger partial charge in [0, 0.05) is 31.1 Å². The molecule has 4 aliphatic rings. The van der Waals surface area contributed by atoms with Crippen molar-refractivity contribution in [1.29, 1.82) is 0 Å². The number of amides is 1. The summed E-state index contributed by atoms with van der Waals surface area (Å²) in [6, 6.07) is 6.48. The average molecular weight is 382 g/mol. The molecule has 4 heterocycles. The van der Waals surface area contributed by atoms with E-state index in [4.69, 9.17) is 14.1 Å². The van der Waals surface area contributed by atoms with Crippen molar-refractivity contribution in [3.05, 3.63) is 23.8 Å². The van der Waals surface area contributed by atoms with Gasteiger partial charge in [-0.05, 0) is 45.4 Å². The molecule has 0 bridgehead atoms. The second-order valence-electron chi connectivity index (χ2n) is 8.89. The Morgan fingerprint density at radius 3 is 2.79 bits per heavy atom. The molecular formula is C21H26N4O3. The Morgan fingerprint density at radius 1 is 1.25 bits per heavy atom. The first kappa shape index (κ1) is 16.8. The van der Waals surface area contributed by atoms with Crippen LogP contribution in [0.5, 0.6) is 0 Å². The molecule has 1 amide bonds. The summed E-state index contributed by atoms with van der Waals surface area (Å²) >= 11 is 0. The van der Waals surface area contributed by atoms with Gasteiger partial charge >= 0.3 is 0 Å². The molecule has 1 N–H and O–H groups in total. The first-order chi connectivity index (χ1) is 13.6. The maximum absolute atomic E-state index is 13.1. The Hall–Kier alpha value is -2.12. The number of oxazole rings is 1. The van der Waals surface area contributed by atoms with Crippen LogP contribution in [0.4, 0.5) is 6.01 Å². The molecule has 6 rings (SSSR count). The largest absolute Gasteiger partial charge is 0.423 e. The van der Waals surface area contributed by atoms with Crippen molar-refractivity contribution in [2.75, 3.05) is 31.1 Å². The highest BCUT2D eigenvalue weighted by Crippen LogP contribution is 2.62. The van der Waals surface area contributed by atoms with Crippen LogP contribution in [0.2, 0.25) is 0 Å². The van der Waals surface area contributed by atoms with Crippen LogP contribution in [0, 0.1) is 5.92 Å². The van der Waals surface area contributed by atoms with Crippen LogP contribution < -0.4 is 10.2 Å². The van der Waals surface area contributed by atoms with Crippen LogP contribution in [-0.2, 0) is 4.74 Å². The van der Waals surface area contributed by atoms with Gasteiger partial charge in [-0.2, -0.15) is 4.98 Å². The van der Waals surface area contributed by atoms with Crippen molar-refractivity contribution in [2.24, 2.45) is 5.92 Å².